The van der Waals surface area contributed by atoms with Crippen LogP contribution in [0.5, 0.6) is 0 Å². The maximum Gasteiger partial charge on any atom is 0.238 e. The number of benzene rings is 1. The summed E-state index contributed by atoms with van der Waals surface area (Å²) in [5.74, 6) is -0.0195. The Labute approximate surface area is 162 Å². The van der Waals surface area contributed by atoms with Crippen LogP contribution in [-0.4, -0.2) is 58.0 Å². The molecule has 3 heterocycles. The normalized spacial score (nSPS) is 20.1. The van der Waals surface area contributed by atoms with Gasteiger partial charge in [0.2, 0.25) is 11.8 Å². The molecule has 0 radical (unpaired) electrons. The third-order valence-electron chi connectivity index (χ3n) is 4.95. The fraction of sp³-hybridized carbons (Fsp3) is 0.350. The summed E-state index contributed by atoms with van der Waals surface area (Å²) < 4.78 is 0. The van der Waals surface area contributed by atoms with Crippen molar-refractivity contribution in [1.29, 1.82) is 0 Å². The number of carbonyl (C=O) groups is 2. The van der Waals surface area contributed by atoms with Gasteiger partial charge < -0.3 is 10.2 Å². The number of anilines is 1. The van der Waals surface area contributed by atoms with Gasteiger partial charge in [-0.25, -0.2) is 0 Å². The molecule has 1 saturated heterocycles. The molecule has 6 nitrogen and oxygen atoms in total. The van der Waals surface area contributed by atoms with Crippen molar-refractivity contribution in [2.24, 2.45) is 0 Å². The van der Waals surface area contributed by atoms with E-state index >= 15 is 0 Å². The first-order valence-corrected chi connectivity index (χ1v) is 10.0. The summed E-state index contributed by atoms with van der Waals surface area (Å²) in [6.07, 6.45) is 3.86. The van der Waals surface area contributed by atoms with Crippen LogP contribution in [0, 0.1) is 0 Å². The van der Waals surface area contributed by atoms with E-state index in [1.165, 1.54) is 17.3 Å². The molecule has 1 N–H and O–H groups in total. The Bertz CT molecular complexity index is 822. The zero-order valence-corrected chi connectivity index (χ0v) is 15.8. The van der Waals surface area contributed by atoms with Gasteiger partial charge in [-0.2, -0.15) is 0 Å². The summed E-state index contributed by atoms with van der Waals surface area (Å²) in [5.41, 5.74) is 2.07. The number of amides is 2. The lowest BCUT2D eigenvalue weighted by Crippen LogP contribution is -2.49. The first-order valence-electron chi connectivity index (χ1n) is 9.14. The number of aromatic nitrogens is 1. The van der Waals surface area contributed by atoms with Crippen molar-refractivity contribution in [1.82, 2.24) is 14.8 Å². The highest BCUT2D eigenvalue weighted by Gasteiger charge is 2.31. The van der Waals surface area contributed by atoms with Gasteiger partial charge in [-0.15, -0.1) is 11.8 Å². The summed E-state index contributed by atoms with van der Waals surface area (Å²) in [7, 11) is 0. The highest BCUT2D eigenvalue weighted by molar-refractivity contribution is 8.01. The molecule has 1 atom stereocenters. The molecule has 0 bridgehead atoms. The Morgan fingerprint density at radius 1 is 1.11 bits per heavy atom. The van der Waals surface area contributed by atoms with E-state index in [4.69, 9.17) is 0 Å². The van der Waals surface area contributed by atoms with E-state index in [1.54, 1.807) is 12.4 Å². The third-order valence-corrected chi connectivity index (χ3v) is 6.22. The van der Waals surface area contributed by atoms with Crippen molar-refractivity contribution in [3.8, 4) is 0 Å². The zero-order chi connectivity index (χ0) is 18.6. The summed E-state index contributed by atoms with van der Waals surface area (Å²) in [4.78, 5) is 34.3. The van der Waals surface area contributed by atoms with E-state index in [0.717, 1.165) is 30.2 Å². The molecule has 1 aromatic heterocycles. The second kappa shape index (κ2) is 8.10. The lowest BCUT2D eigenvalue weighted by molar-refractivity contribution is -0.134. The Morgan fingerprint density at radius 2 is 1.85 bits per heavy atom. The first kappa shape index (κ1) is 18.0. The molecule has 4 rings (SSSR count). The third kappa shape index (κ3) is 4.31. The van der Waals surface area contributed by atoms with Crippen LogP contribution in [0.15, 0.2) is 53.7 Å². The fourth-order valence-electron chi connectivity index (χ4n) is 3.42. The number of thioether (sulfide) groups is 1. The van der Waals surface area contributed by atoms with Crippen LogP contribution in [-0.2, 0) is 16.1 Å². The molecule has 7 heteroatoms. The SMILES string of the molecule is O=C1Nc2ccccc2S[C@@H]1CC(=O)N1CCN(Cc2ccncc2)CC1. The van der Waals surface area contributed by atoms with Crippen molar-refractivity contribution in [2.75, 3.05) is 31.5 Å². The number of carbonyl (C=O) groups excluding carboxylic acids is 2. The van der Waals surface area contributed by atoms with Crippen LogP contribution < -0.4 is 5.32 Å². The van der Waals surface area contributed by atoms with E-state index in [0.29, 0.717) is 13.1 Å². The Hall–Kier alpha value is -2.38. The Balaban J connectivity index is 1.29. The maximum absolute atomic E-state index is 12.7. The van der Waals surface area contributed by atoms with Crippen molar-refractivity contribution in [3.63, 3.8) is 0 Å². The van der Waals surface area contributed by atoms with E-state index in [1.807, 2.05) is 41.3 Å². The molecule has 0 aliphatic carbocycles. The molecule has 140 valence electrons. The number of hydrogen-bond acceptors (Lipinski definition) is 5. The average molecular weight is 382 g/mol. The number of para-hydroxylation sites is 1. The van der Waals surface area contributed by atoms with Crippen LogP contribution in [0.4, 0.5) is 5.69 Å². The largest absolute Gasteiger partial charge is 0.340 e. The molecule has 1 fully saturated rings. The molecular formula is C20H22N4O2S. The van der Waals surface area contributed by atoms with Gasteiger partial charge in [-0.05, 0) is 29.8 Å². The zero-order valence-electron chi connectivity index (χ0n) is 15.0. The molecule has 0 unspecified atom stereocenters. The molecular weight excluding hydrogens is 360 g/mol. The lowest BCUT2D eigenvalue weighted by atomic mass is 10.2. The predicted octanol–water partition coefficient (Wildman–Crippen LogP) is 2.23. The summed E-state index contributed by atoms with van der Waals surface area (Å²) >= 11 is 1.48. The molecule has 0 saturated carbocycles. The van der Waals surface area contributed by atoms with Crippen molar-refractivity contribution < 1.29 is 9.59 Å². The summed E-state index contributed by atoms with van der Waals surface area (Å²) in [6.45, 7) is 3.99. The maximum atomic E-state index is 12.7. The first-order chi connectivity index (χ1) is 13.2. The van der Waals surface area contributed by atoms with Gasteiger partial charge in [0.1, 0.15) is 0 Å². The Kier molecular flexibility index (Phi) is 5.40. The fourth-order valence-corrected chi connectivity index (χ4v) is 4.52. The number of hydrogen-bond donors (Lipinski definition) is 1. The number of piperazine rings is 1. The topological polar surface area (TPSA) is 65.5 Å². The quantitative estimate of drug-likeness (QED) is 0.878. The van der Waals surface area contributed by atoms with E-state index < -0.39 is 0 Å². The summed E-state index contributed by atoms with van der Waals surface area (Å²) in [5, 5.41) is 2.55. The number of rotatable bonds is 4. The molecule has 0 spiro atoms. The van der Waals surface area contributed by atoms with Gasteiger partial charge in [-0.1, -0.05) is 12.1 Å². The monoisotopic (exact) mass is 382 g/mol. The predicted molar refractivity (Wildman–Crippen MR) is 105 cm³/mol. The van der Waals surface area contributed by atoms with Crippen LogP contribution in [0.3, 0.4) is 0 Å². The molecule has 2 aliphatic rings. The van der Waals surface area contributed by atoms with Crippen LogP contribution in [0.1, 0.15) is 12.0 Å². The molecule has 1 aromatic carbocycles. The highest BCUT2D eigenvalue weighted by Crippen LogP contribution is 2.36. The van der Waals surface area contributed by atoms with Crippen LogP contribution in [0.2, 0.25) is 0 Å². The molecule has 2 aliphatic heterocycles. The number of nitrogens with zero attached hydrogens (tertiary/aromatic N) is 3. The van der Waals surface area contributed by atoms with Gasteiger partial charge >= 0.3 is 0 Å². The number of pyridine rings is 1. The van der Waals surface area contributed by atoms with Gasteiger partial charge in [0.05, 0.1) is 10.9 Å². The molecule has 27 heavy (non-hydrogen) atoms. The van der Waals surface area contributed by atoms with E-state index in [-0.39, 0.29) is 23.5 Å². The smallest absolute Gasteiger partial charge is 0.238 e. The molecule has 2 aromatic rings. The highest BCUT2D eigenvalue weighted by atomic mass is 32.2. The van der Waals surface area contributed by atoms with Crippen molar-refractivity contribution in [2.45, 2.75) is 23.1 Å². The van der Waals surface area contributed by atoms with Gasteiger partial charge in [0.25, 0.3) is 0 Å². The standard InChI is InChI=1S/C20H22N4O2S/c25-19(13-18-20(26)22-16-3-1-2-4-17(16)27-18)24-11-9-23(10-12-24)14-15-5-7-21-8-6-15/h1-8,18H,9-14H2,(H,22,26)/t18-/m1/s1. The van der Waals surface area contributed by atoms with Crippen LogP contribution >= 0.6 is 11.8 Å². The van der Waals surface area contributed by atoms with E-state index in [2.05, 4.69) is 15.2 Å². The lowest BCUT2D eigenvalue weighted by Gasteiger charge is -2.35. The van der Waals surface area contributed by atoms with Gasteiger partial charge in [-0.3, -0.25) is 19.5 Å². The van der Waals surface area contributed by atoms with Gasteiger partial charge in [0.15, 0.2) is 0 Å². The summed E-state index contributed by atoms with van der Waals surface area (Å²) in [6, 6.07) is 11.8. The van der Waals surface area contributed by atoms with Gasteiger partial charge in [0, 0.05) is 56.4 Å². The Morgan fingerprint density at radius 3 is 2.63 bits per heavy atom. The molecule has 2 amide bonds. The van der Waals surface area contributed by atoms with Crippen LogP contribution in [0.25, 0.3) is 0 Å². The van der Waals surface area contributed by atoms with E-state index in [9.17, 15) is 9.59 Å². The van der Waals surface area contributed by atoms with Crippen molar-refractivity contribution in [3.05, 3.63) is 54.4 Å². The average Bonchev–Trinajstić information content (AvgIpc) is 2.70. The number of fused-ring (bicyclic) bond motifs is 1. The minimum atomic E-state index is -0.359. The second-order valence-corrected chi connectivity index (χ2v) is 8.05. The minimum Gasteiger partial charge on any atom is -0.340 e. The number of nitrogens with one attached hydrogen (secondary N) is 1. The second-order valence-electron chi connectivity index (χ2n) is 6.81. The minimum absolute atomic E-state index is 0.0607. The van der Waals surface area contributed by atoms with Crippen molar-refractivity contribution >= 4 is 29.3 Å².